The van der Waals surface area contributed by atoms with E-state index in [1.807, 2.05) is 72.6 Å². The minimum absolute atomic E-state index is 0.0510. The van der Waals surface area contributed by atoms with Gasteiger partial charge in [0.2, 0.25) is 5.91 Å². The maximum atomic E-state index is 13.5. The number of hydrogen-bond donors (Lipinski definition) is 0. The lowest BCUT2D eigenvalue weighted by molar-refractivity contribution is -0.128. The Bertz CT molecular complexity index is 1260. The number of carbonyl (C=O) groups is 1. The second kappa shape index (κ2) is 11.6. The first-order chi connectivity index (χ1) is 17.7. The summed E-state index contributed by atoms with van der Waals surface area (Å²) in [6, 6.07) is 28.2. The molecule has 1 saturated heterocycles. The maximum Gasteiger partial charge on any atom is 0.233 e. The van der Waals surface area contributed by atoms with Crippen molar-refractivity contribution in [3.63, 3.8) is 0 Å². The molecule has 36 heavy (non-hydrogen) atoms. The second-order valence-corrected chi connectivity index (χ2v) is 9.83. The van der Waals surface area contributed by atoms with Crippen molar-refractivity contribution in [2.24, 2.45) is 0 Å². The van der Waals surface area contributed by atoms with Gasteiger partial charge in [-0.25, -0.2) is 9.97 Å². The number of aromatic nitrogens is 2. The summed E-state index contributed by atoms with van der Waals surface area (Å²) >= 11 is 1.48. The van der Waals surface area contributed by atoms with Crippen LogP contribution in [0.2, 0.25) is 0 Å². The highest BCUT2D eigenvalue weighted by molar-refractivity contribution is 8.00. The Balaban J connectivity index is 1.36. The van der Waals surface area contributed by atoms with Crippen molar-refractivity contribution >= 4 is 28.6 Å². The SMILES string of the molecule is CN(C(=O)CSc1nc(CN2CCOCC2)nc2ccccc12)C(c1ccccc1)c1ccccc1. The van der Waals surface area contributed by atoms with Crippen molar-refractivity contribution in [1.29, 1.82) is 0 Å². The molecule has 1 amide bonds. The molecular weight excluding hydrogens is 468 g/mol. The molecule has 1 aliphatic heterocycles. The van der Waals surface area contributed by atoms with Gasteiger partial charge in [0.1, 0.15) is 10.9 Å². The number of fused-ring (bicyclic) bond motifs is 1. The molecule has 0 N–H and O–H groups in total. The van der Waals surface area contributed by atoms with Crippen LogP contribution in [0.15, 0.2) is 90.0 Å². The summed E-state index contributed by atoms with van der Waals surface area (Å²) in [5, 5.41) is 1.83. The normalized spacial score (nSPS) is 14.3. The van der Waals surface area contributed by atoms with E-state index in [4.69, 9.17) is 14.7 Å². The minimum Gasteiger partial charge on any atom is -0.379 e. The molecule has 0 spiro atoms. The quantitative estimate of drug-likeness (QED) is 0.257. The van der Waals surface area contributed by atoms with E-state index in [9.17, 15) is 4.79 Å². The Hall–Kier alpha value is -3.26. The van der Waals surface area contributed by atoms with Crippen molar-refractivity contribution in [2.75, 3.05) is 39.1 Å². The molecule has 2 heterocycles. The number of hydrogen-bond acceptors (Lipinski definition) is 6. The number of rotatable bonds is 8. The van der Waals surface area contributed by atoms with Gasteiger partial charge < -0.3 is 9.64 Å². The van der Waals surface area contributed by atoms with Gasteiger partial charge >= 0.3 is 0 Å². The van der Waals surface area contributed by atoms with Crippen LogP contribution < -0.4 is 0 Å². The van der Waals surface area contributed by atoms with Gasteiger partial charge in [0.15, 0.2) is 0 Å². The summed E-state index contributed by atoms with van der Waals surface area (Å²) in [4.78, 5) is 27.3. The average Bonchev–Trinajstić information content (AvgIpc) is 2.93. The molecule has 0 saturated carbocycles. The number of amides is 1. The Labute approximate surface area is 216 Å². The summed E-state index contributed by atoms with van der Waals surface area (Å²) in [5.74, 6) is 1.13. The molecule has 1 aliphatic rings. The Morgan fingerprint density at radius 2 is 1.53 bits per heavy atom. The topological polar surface area (TPSA) is 58.6 Å². The number of benzene rings is 3. The van der Waals surface area contributed by atoms with Gasteiger partial charge in [-0.15, -0.1) is 0 Å². The van der Waals surface area contributed by atoms with Crippen LogP contribution in [0.4, 0.5) is 0 Å². The summed E-state index contributed by atoms with van der Waals surface area (Å²) in [6.07, 6.45) is 0. The summed E-state index contributed by atoms with van der Waals surface area (Å²) in [6.45, 7) is 3.91. The smallest absolute Gasteiger partial charge is 0.233 e. The monoisotopic (exact) mass is 498 g/mol. The lowest BCUT2D eigenvalue weighted by Crippen LogP contribution is -2.36. The third-order valence-electron chi connectivity index (χ3n) is 6.43. The Morgan fingerprint density at radius 1 is 0.917 bits per heavy atom. The fraction of sp³-hybridized carbons (Fsp3) is 0.276. The van der Waals surface area contributed by atoms with Gasteiger partial charge in [-0.1, -0.05) is 90.6 Å². The molecule has 7 heteroatoms. The third-order valence-corrected chi connectivity index (χ3v) is 7.40. The van der Waals surface area contributed by atoms with Crippen LogP contribution in [0.5, 0.6) is 0 Å². The molecular formula is C29H30N4O2S. The van der Waals surface area contributed by atoms with Gasteiger partial charge in [-0.2, -0.15) is 0 Å². The molecule has 0 unspecified atom stereocenters. The minimum atomic E-state index is -0.153. The van der Waals surface area contributed by atoms with E-state index in [-0.39, 0.29) is 11.9 Å². The van der Waals surface area contributed by atoms with Crippen LogP contribution in [0.3, 0.4) is 0 Å². The lowest BCUT2D eigenvalue weighted by atomic mass is 9.97. The first kappa shape index (κ1) is 24.4. The highest BCUT2D eigenvalue weighted by atomic mass is 32.2. The molecule has 3 aromatic carbocycles. The van der Waals surface area contributed by atoms with Crippen molar-refractivity contribution in [2.45, 2.75) is 17.6 Å². The van der Waals surface area contributed by atoms with Gasteiger partial charge in [0.05, 0.1) is 37.1 Å². The fourth-order valence-corrected chi connectivity index (χ4v) is 5.48. The highest BCUT2D eigenvalue weighted by Gasteiger charge is 2.24. The summed E-state index contributed by atoms with van der Waals surface area (Å²) < 4.78 is 5.47. The third kappa shape index (κ3) is 5.75. The molecule has 0 bridgehead atoms. The molecule has 1 fully saturated rings. The van der Waals surface area contributed by atoms with Crippen LogP contribution >= 0.6 is 11.8 Å². The van der Waals surface area contributed by atoms with E-state index >= 15 is 0 Å². The first-order valence-corrected chi connectivity index (χ1v) is 13.2. The van der Waals surface area contributed by atoms with E-state index in [2.05, 4.69) is 29.2 Å². The van der Waals surface area contributed by atoms with Crippen LogP contribution in [0, 0.1) is 0 Å². The largest absolute Gasteiger partial charge is 0.379 e. The number of thioether (sulfide) groups is 1. The van der Waals surface area contributed by atoms with Gasteiger partial charge in [-0.3, -0.25) is 9.69 Å². The Morgan fingerprint density at radius 3 is 2.19 bits per heavy atom. The zero-order valence-electron chi connectivity index (χ0n) is 20.4. The molecule has 5 rings (SSSR count). The van der Waals surface area contributed by atoms with E-state index in [0.29, 0.717) is 12.3 Å². The number of morpholine rings is 1. The van der Waals surface area contributed by atoms with Crippen LogP contribution in [-0.2, 0) is 16.1 Å². The molecule has 0 radical (unpaired) electrons. The van der Waals surface area contributed by atoms with Gasteiger partial charge in [-0.05, 0) is 17.2 Å². The molecule has 0 atom stereocenters. The van der Waals surface area contributed by atoms with E-state index in [1.54, 1.807) is 0 Å². The maximum absolute atomic E-state index is 13.5. The summed E-state index contributed by atoms with van der Waals surface area (Å²) in [7, 11) is 1.88. The highest BCUT2D eigenvalue weighted by Crippen LogP contribution is 2.30. The number of nitrogens with zero attached hydrogens (tertiary/aromatic N) is 4. The average molecular weight is 499 g/mol. The lowest BCUT2D eigenvalue weighted by Gasteiger charge is -2.29. The Kier molecular flexibility index (Phi) is 7.91. The zero-order valence-corrected chi connectivity index (χ0v) is 21.2. The van der Waals surface area contributed by atoms with Crippen molar-refractivity contribution in [1.82, 2.24) is 19.8 Å². The fourth-order valence-electron chi connectivity index (χ4n) is 4.52. The predicted octanol–water partition coefficient (Wildman–Crippen LogP) is 4.80. The second-order valence-electron chi connectivity index (χ2n) is 8.87. The molecule has 184 valence electrons. The van der Waals surface area contributed by atoms with Crippen LogP contribution in [0.25, 0.3) is 10.9 Å². The predicted molar refractivity (Wildman–Crippen MR) is 144 cm³/mol. The number of carbonyl (C=O) groups excluding carboxylic acids is 1. The van der Waals surface area contributed by atoms with Crippen LogP contribution in [0.1, 0.15) is 23.0 Å². The van der Waals surface area contributed by atoms with Crippen molar-refractivity contribution in [3.05, 3.63) is 102 Å². The van der Waals surface area contributed by atoms with E-state index < -0.39 is 0 Å². The van der Waals surface area contributed by atoms with Gasteiger partial charge in [0.25, 0.3) is 0 Å². The van der Waals surface area contributed by atoms with Crippen molar-refractivity contribution < 1.29 is 9.53 Å². The molecule has 0 aliphatic carbocycles. The van der Waals surface area contributed by atoms with E-state index in [1.165, 1.54) is 11.8 Å². The van der Waals surface area contributed by atoms with Gasteiger partial charge in [0, 0.05) is 25.5 Å². The zero-order chi connectivity index (χ0) is 24.7. The molecule has 6 nitrogen and oxygen atoms in total. The van der Waals surface area contributed by atoms with Crippen LogP contribution in [-0.4, -0.2) is 64.8 Å². The first-order valence-electron chi connectivity index (χ1n) is 12.2. The number of ether oxygens (including phenoxy) is 1. The molecule has 1 aromatic heterocycles. The standard InChI is InChI=1S/C29H30N4O2S/c1-32(28(22-10-4-2-5-11-22)23-12-6-3-7-13-23)27(34)21-36-29-24-14-8-9-15-25(24)30-26(31-29)20-33-16-18-35-19-17-33/h2-15,28H,16-21H2,1H3. The molecule has 4 aromatic rings. The number of para-hydroxylation sites is 1. The van der Waals surface area contributed by atoms with Crippen molar-refractivity contribution in [3.8, 4) is 0 Å². The summed E-state index contributed by atoms with van der Waals surface area (Å²) in [5.41, 5.74) is 3.08. The van der Waals surface area contributed by atoms with E-state index in [0.717, 1.165) is 59.2 Å².